The summed E-state index contributed by atoms with van der Waals surface area (Å²) in [7, 11) is 2.05. The molecule has 0 aromatic heterocycles. The SMILES string of the molecule is CC1C(C#N)NCCN1C. The van der Waals surface area contributed by atoms with Crippen molar-refractivity contribution in [1.82, 2.24) is 10.2 Å². The van der Waals surface area contributed by atoms with Crippen LogP contribution in [0.15, 0.2) is 0 Å². The maximum Gasteiger partial charge on any atom is 0.111 e. The number of nitrogens with zero attached hydrogens (tertiary/aromatic N) is 2. The van der Waals surface area contributed by atoms with Gasteiger partial charge in [0.05, 0.1) is 6.07 Å². The Labute approximate surface area is 61.6 Å². The zero-order valence-corrected chi connectivity index (χ0v) is 6.46. The molecule has 0 aromatic rings. The lowest BCUT2D eigenvalue weighted by Crippen LogP contribution is -2.54. The third-order valence-electron chi connectivity index (χ3n) is 2.15. The second-order valence-corrected chi connectivity index (χ2v) is 2.78. The Morgan fingerprint density at radius 1 is 1.70 bits per heavy atom. The van der Waals surface area contributed by atoms with Crippen LogP contribution in [0, 0.1) is 11.3 Å². The fourth-order valence-electron chi connectivity index (χ4n) is 1.18. The Hall–Kier alpha value is -0.590. The van der Waals surface area contributed by atoms with E-state index in [1.54, 1.807) is 0 Å². The van der Waals surface area contributed by atoms with E-state index in [1.165, 1.54) is 0 Å². The lowest BCUT2D eigenvalue weighted by Gasteiger charge is -2.33. The zero-order chi connectivity index (χ0) is 7.56. The summed E-state index contributed by atoms with van der Waals surface area (Å²) in [4.78, 5) is 2.20. The molecule has 1 saturated heterocycles. The summed E-state index contributed by atoms with van der Waals surface area (Å²) in [5.41, 5.74) is 0. The van der Waals surface area contributed by atoms with E-state index < -0.39 is 0 Å². The Bertz CT molecular complexity index is 149. The van der Waals surface area contributed by atoms with Gasteiger partial charge in [-0.1, -0.05) is 0 Å². The Balaban J connectivity index is 2.53. The van der Waals surface area contributed by atoms with Crippen LogP contribution in [-0.4, -0.2) is 37.1 Å². The molecule has 1 heterocycles. The van der Waals surface area contributed by atoms with Crippen LogP contribution in [0.25, 0.3) is 0 Å². The van der Waals surface area contributed by atoms with Crippen molar-refractivity contribution in [2.75, 3.05) is 20.1 Å². The van der Waals surface area contributed by atoms with Gasteiger partial charge in [0, 0.05) is 19.1 Å². The molecule has 2 unspecified atom stereocenters. The monoisotopic (exact) mass is 139 g/mol. The van der Waals surface area contributed by atoms with Crippen LogP contribution in [0.1, 0.15) is 6.92 Å². The van der Waals surface area contributed by atoms with Crippen molar-refractivity contribution < 1.29 is 0 Å². The first-order valence-electron chi connectivity index (χ1n) is 3.59. The van der Waals surface area contributed by atoms with Crippen molar-refractivity contribution in [3.05, 3.63) is 0 Å². The second kappa shape index (κ2) is 3.00. The minimum atomic E-state index is 0.0127. The van der Waals surface area contributed by atoms with Crippen LogP contribution in [-0.2, 0) is 0 Å². The highest BCUT2D eigenvalue weighted by molar-refractivity contribution is 4.99. The number of nitriles is 1. The minimum Gasteiger partial charge on any atom is -0.300 e. The molecule has 3 heteroatoms. The molecule has 2 atom stereocenters. The predicted molar refractivity (Wildman–Crippen MR) is 39.5 cm³/mol. The first-order chi connectivity index (χ1) is 4.75. The molecule has 0 amide bonds. The first kappa shape index (κ1) is 7.52. The van der Waals surface area contributed by atoms with E-state index in [4.69, 9.17) is 5.26 Å². The third kappa shape index (κ3) is 1.28. The normalized spacial score (nSPS) is 35.3. The molecule has 0 aliphatic carbocycles. The highest BCUT2D eigenvalue weighted by Crippen LogP contribution is 2.04. The molecular weight excluding hydrogens is 126 g/mol. The molecule has 1 fully saturated rings. The summed E-state index contributed by atoms with van der Waals surface area (Å²) < 4.78 is 0. The summed E-state index contributed by atoms with van der Waals surface area (Å²) in [6.07, 6.45) is 0. The van der Waals surface area contributed by atoms with Gasteiger partial charge in [0.15, 0.2) is 0 Å². The molecule has 0 bridgehead atoms. The summed E-state index contributed by atoms with van der Waals surface area (Å²) in [5, 5.41) is 11.8. The number of piperazine rings is 1. The summed E-state index contributed by atoms with van der Waals surface area (Å²) in [6.45, 7) is 4.04. The Morgan fingerprint density at radius 3 is 2.90 bits per heavy atom. The summed E-state index contributed by atoms with van der Waals surface area (Å²) in [5.74, 6) is 0. The van der Waals surface area contributed by atoms with Crippen LogP contribution < -0.4 is 5.32 Å². The van der Waals surface area contributed by atoms with Crippen LogP contribution in [0.5, 0.6) is 0 Å². The molecule has 0 radical (unpaired) electrons. The zero-order valence-electron chi connectivity index (χ0n) is 6.46. The van der Waals surface area contributed by atoms with Gasteiger partial charge in [-0.05, 0) is 14.0 Å². The van der Waals surface area contributed by atoms with Gasteiger partial charge in [0.25, 0.3) is 0 Å². The van der Waals surface area contributed by atoms with E-state index in [2.05, 4.69) is 30.3 Å². The number of likely N-dealkylation sites (N-methyl/N-ethyl adjacent to an activating group) is 1. The van der Waals surface area contributed by atoms with Crippen molar-refractivity contribution in [1.29, 1.82) is 5.26 Å². The van der Waals surface area contributed by atoms with Crippen molar-refractivity contribution in [2.45, 2.75) is 19.0 Å². The maximum atomic E-state index is 8.64. The molecule has 56 valence electrons. The van der Waals surface area contributed by atoms with Gasteiger partial charge in [0.2, 0.25) is 0 Å². The van der Waals surface area contributed by atoms with Crippen LogP contribution in [0.3, 0.4) is 0 Å². The quantitative estimate of drug-likeness (QED) is 0.505. The van der Waals surface area contributed by atoms with Crippen LogP contribution in [0.2, 0.25) is 0 Å². The fourth-order valence-corrected chi connectivity index (χ4v) is 1.18. The highest BCUT2D eigenvalue weighted by Gasteiger charge is 2.23. The lowest BCUT2D eigenvalue weighted by molar-refractivity contribution is 0.188. The number of nitrogens with one attached hydrogen (secondary N) is 1. The standard InChI is InChI=1S/C7H13N3/c1-6-7(5-8)9-3-4-10(6)2/h6-7,9H,3-4H2,1-2H3. The smallest absolute Gasteiger partial charge is 0.111 e. The van der Waals surface area contributed by atoms with E-state index in [0.29, 0.717) is 6.04 Å². The summed E-state index contributed by atoms with van der Waals surface area (Å²) >= 11 is 0. The minimum absolute atomic E-state index is 0.0127. The van der Waals surface area contributed by atoms with Gasteiger partial charge < -0.3 is 0 Å². The van der Waals surface area contributed by atoms with E-state index >= 15 is 0 Å². The van der Waals surface area contributed by atoms with Gasteiger partial charge in [-0.3, -0.25) is 10.2 Å². The van der Waals surface area contributed by atoms with Crippen molar-refractivity contribution >= 4 is 0 Å². The maximum absolute atomic E-state index is 8.64. The average Bonchev–Trinajstić information content (AvgIpc) is 1.95. The lowest BCUT2D eigenvalue weighted by atomic mass is 10.1. The topological polar surface area (TPSA) is 39.1 Å². The fraction of sp³-hybridized carbons (Fsp3) is 0.857. The molecule has 0 saturated carbocycles. The average molecular weight is 139 g/mol. The summed E-state index contributed by atoms with van der Waals surface area (Å²) in [6, 6.07) is 2.59. The molecule has 1 rings (SSSR count). The van der Waals surface area contributed by atoms with Crippen molar-refractivity contribution in [2.24, 2.45) is 0 Å². The number of rotatable bonds is 0. The number of hydrogen-bond acceptors (Lipinski definition) is 3. The van der Waals surface area contributed by atoms with Gasteiger partial charge >= 0.3 is 0 Å². The van der Waals surface area contributed by atoms with Gasteiger partial charge in [-0.25, -0.2) is 0 Å². The molecule has 10 heavy (non-hydrogen) atoms. The molecule has 0 aromatic carbocycles. The van der Waals surface area contributed by atoms with Crippen LogP contribution >= 0.6 is 0 Å². The van der Waals surface area contributed by atoms with E-state index in [9.17, 15) is 0 Å². The van der Waals surface area contributed by atoms with Crippen LogP contribution in [0.4, 0.5) is 0 Å². The molecular formula is C7H13N3. The van der Waals surface area contributed by atoms with Crippen molar-refractivity contribution in [3.8, 4) is 6.07 Å². The second-order valence-electron chi connectivity index (χ2n) is 2.78. The Morgan fingerprint density at radius 2 is 2.40 bits per heavy atom. The third-order valence-corrected chi connectivity index (χ3v) is 2.15. The largest absolute Gasteiger partial charge is 0.300 e. The van der Waals surface area contributed by atoms with E-state index in [-0.39, 0.29) is 6.04 Å². The van der Waals surface area contributed by atoms with E-state index in [1.807, 2.05) is 0 Å². The van der Waals surface area contributed by atoms with Gasteiger partial charge in [-0.2, -0.15) is 5.26 Å². The molecule has 3 nitrogen and oxygen atoms in total. The highest BCUT2D eigenvalue weighted by atomic mass is 15.2. The van der Waals surface area contributed by atoms with Crippen molar-refractivity contribution in [3.63, 3.8) is 0 Å². The van der Waals surface area contributed by atoms with Gasteiger partial charge in [-0.15, -0.1) is 0 Å². The van der Waals surface area contributed by atoms with E-state index in [0.717, 1.165) is 13.1 Å². The molecule has 1 aliphatic heterocycles. The molecule has 1 aliphatic rings. The molecule has 0 spiro atoms. The Kier molecular flexibility index (Phi) is 2.25. The van der Waals surface area contributed by atoms with Gasteiger partial charge in [0.1, 0.15) is 6.04 Å². The number of hydrogen-bond donors (Lipinski definition) is 1. The molecule has 1 N–H and O–H groups in total. The first-order valence-corrected chi connectivity index (χ1v) is 3.59. The predicted octanol–water partition coefficient (Wildman–Crippen LogP) is -0.198.